The Morgan fingerprint density at radius 3 is 2.45 bits per heavy atom. The highest BCUT2D eigenvalue weighted by atomic mass is 16.2. The summed E-state index contributed by atoms with van der Waals surface area (Å²) in [6.07, 6.45) is 3.05. The topological polar surface area (TPSA) is 62.3 Å². The SMILES string of the molecule is Cc1ccccc1CNC(=O)C1CCN(C(=O)c2ccnc(-c3ccccc3)c2)CC1. The third-order valence-electron chi connectivity index (χ3n) is 5.94. The summed E-state index contributed by atoms with van der Waals surface area (Å²) < 4.78 is 0. The van der Waals surface area contributed by atoms with E-state index in [-0.39, 0.29) is 17.7 Å². The van der Waals surface area contributed by atoms with Crippen molar-refractivity contribution in [3.63, 3.8) is 0 Å². The first-order valence-corrected chi connectivity index (χ1v) is 10.7. The lowest BCUT2D eigenvalue weighted by atomic mass is 9.95. The molecule has 2 amide bonds. The van der Waals surface area contributed by atoms with E-state index in [1.165, 1.54) is 5.56 Å². The first-order valence-electron chi connectivity index (χ1n) is 10.7. The third-order valence-corrected chi connectivity index (χ3v) is 5.94. The quantitative estimate of drug-likeness (QED) is 0.681. The summed E-state index contributed by atoms with van der Waals surface area (Å²) in [6.45, 7) is 3.77. The van der Waals surface area contributed by atoms with Gasteiger partial charge in [-0.05, 0) is 43.0 Å². The van der Waals surface area contributed by atoms with Gasteiger partial charge in [0.05, 0.1) is 5.69 Å². The Labute approximate surface area is 183 Å². The Hall–Kier alpha value is -3.47. The highest BCUT2D eigenvalue weighted by Crippen LogP contribution is 2.22. The van der Waals surface area contributed by atoms with E-state index < -0.39 is 0 Å². The van der Waals surface area contributed by atoms with Crippen molar-refractivity contribution < 1.29 is 9.59 Å². The number of pyridine rings is 1. The van der Waals surface area contributed by atoms with Crippen molar-refractivity contribution in [2.45, 2.75) is 26.3 Å². The number of likely N-dealkylation sites (tertiary alicyclic amines) is 1. The number of piperidine rings is 1. The van der Waals surface area contributed by atoms with Crippen LogP contribution in [0.15, 0.2) is 72.9 Å². The number of amides is 2. The number of carbonyl (C=O) groups excluding carboxylic acids is 2. The van der Waals surface area contributed by atoms with Gasteiger partial charge in [-0.1, -0.05) is 54.6 Å². The zero-order valence-electron chi connectivity index (χ0n) is 17.8. The summed E-state index contributed by atoms with van der Waals surface area (Å²) in [4.78, 5) is 31.9. The number of hydrogen-bond donors (Lipinski definition) is 1. The molecule has 5 heteroatoms. The zero-order valence-corrected chi connectivity index (χ0v) is 17.8. The summed E-state index contributed by atoms with van der Waals surface area (Å²) in [5.74, 6) is 0.0226. The summed E-state index contributed by atoms with van der Waals surface area (Å²) in [6, 6.07) is 21.5. The minimum atomic E-state index is -0.0506. The van der Waals surface area contributed by atoms with Crippen molar-refractivity contribution in [2.75, 3.05) is 13.1 Å². The van der Waals surface area contributed by atoms with Crippen molar-refractivity contribution in [1.29, 1.82) is 0 Å². The molecule has 158 valence electrons. The molecular weight excluding hydrogens is 386 g/mol. The predicted molar refractivity (Wildman–Crippen MR) is 121 cm³/mol. The molecule has 1 saturated heterocycles. The largest absolute Gasteiger partial charge is 0.352 e. The number of aryl methyl sites for hydroxylation is 1. The van der Waals surface area contributed by atoms with Gasteiger partial charge >= 0.3 is 0 Å². The second-order valence-electron chi connectivity index (χ2n) is 8.01. The highest BCUT2D eigenvalue weighted by Gasteiger charge is 2.28. The lowest BCUT2D eigenvalue weighted by molar-refractivity contribution is -0.126. The van der Waals surface area contributed by atoms with E-state index in [2.05, 4.69) is 10.3 Å². The minimum Gasteiger partial charge on any atom is -0.352 e. The fourth-order valence-corrected chi connectivity index (χ4v) is 3.99. The zero-order chi connectivity index (χ0) is 21.6. The molecular formula is C26H27N3O2. The van der Waals surface area contributed by atoms with Crippen LogP contribution in [-0.4, -0.2) is 34.8 Å². The summed E-state index contributed by atoms with van der Waals surface area (Å²) in [7, 11) is 0. The molecule has 5 nitrogen and oxygen atoms in total. The molecule has 0 spiro atoms. The normalized spacial score (nSPS) is 14.3. The molecule has 3 aromatic rings. The molecule has 1 aromatic heterocycles. The summed E-state index contributed by atoms with van der Waals surface area (Å²) in [5.41, 5.74) is 4.72. The second-order valence-corrected chi connectivity index (χ2v) is 8.01. The van der Waals surface area contributed by atoms with Gasteiger partial charge in [0.1, 0.15) is 0 Å². The fourth-order valence-electron chi connectivity index (χ4n) is 3.99. The van der Waals surface area contributed by atoms with Gasteiger partial charge in [-0.25, -0.2) is 0 Å². The van der Waals surface area contributed by atoms with Gasteiger partial charge in [-0.15, -0.1) is 0 Å². The molecule has 1 N–H and O–H groups in total. The smallest absolute Gasteiger partial charge is 0.253 e. The molecule has 1 fully saturated rings. The molecule has 1 aliphatic rings. The van der Waals surface area contributed by atoms with Gasteiger partial charge in [0.15, 0.2) is 0 Å². The summed E-state index contributed by atoms with van der Waals surface area (Å²) in [5, 5.41) is 3.06. The maximum absolute atomic E-state index is 13.0. The number of hydrogen-bond acceptors (Lipinski definition) is 3. The summed E-state index contributed by atoms with van der Waals surface area (Å²) >= 11 is 0. The van der Waals surface area contributed by atoms with Crippen molar-refractivity contribution in [2.24, 2.45) is 5.92 Å². The van der Waals surface area contributed by atoms with Crippen LogP contribution in [0.3, 0.4) is 0 Å². The molecule has 0 atom stereocenters. The van der Waals surface area contributed by atoms with Crippen molar-refractivity contribution in [3.05, 3.63) is 89.6 Å². The van der Waals surface area contributed by atoms with Crippen molar-refractivity contribution >= 4 is 11.8 Å². The van der Waals surface area contributed by atoms with E-state index in [0.717, 1.165) is 16.8 Å². The molecule has 2 aromatic carbocycles. The molecule has 0 bridgehead atoms. The average molecular weight is 414 g/mol. The van der Waals surface area contributed by atoms with E-state index in [4.69, 9.17) is 0 Å². The van der Waals surface area contributed by atoms with Crippen molar-refractivity contribution in [3.8, 4) is 11.3 Å². The lowest BCUT2D eigenvalue weighted by Gasteiger charge is -2.31. The van der Waals surface area contributed by atoms with Crippen molar-refractivity contribution in [1.82, 2.24) is 15.2 Å². The van der Waals surface area contributed by atoms with Crippen LogP contribution in [0, 0.1) is 12.8 Å². The lowest BCUT2D eigenvalue weighted by Crippen LogP contribution is -2.43. The molecule has 0 aliphatic carbocycles. The molecule has 0 unspecified atom stereocenters. The Morgan fingerprint density at radius 2 is 1.71 bits per heavy atom. The number of aromatic nitrogens is 1. The second kappa shape index (κ2) is 9.56. The van der Waals surface area contributed by atoms with E-state index in [1.54, 1.807) is 12.3 Å². The number of nitrogens with zero attached hydrogens (tertiary/aromatic N) is 2. The van der Waals surface area contributed by atoms with Crippen LogP contribution in [0.25, 0.3) is 11.3 Å². The molecule has 2 heterocycles. The maximum atomic E-state index is 13.0. The first kappa shape index (κ1) is 20.8. The van der Waals surface area contributed by atoms with E-state index in [9.17, 15) is 9.59 Å². The van der Waals surface area contributed by atoms with Crippen LogP contribution in [0.4, 0.5) is 0 Å². The predicted octanol–water partition coefficient (Wildman–Crippen LogP) is 4.23. The fraction of sp³-hybridized carbons (Fsp3) is 0.269. The number of benzene rings is 2. The number of nitrogens with one attached hydrogen (secondary N) is 1. The number of rotatable bonds is 5. The molecule has 1 aliphatic heterocycles. The van der Waals surface area contributed by atoms with Crippen LogP contribution < -0.4 is 5.32 Å². The standard InChI is InChI=1S/C26H27N3O2/c1-19-7-5-6-10-23(19)18-28-25(30)21-12-15-29(16-13-21)26(31)22-11-14-27-24(17-22)20-8-3-2-4-9-20/h2-11,14,17,21H,12-13,15-16,18H2,1H3,(H,28,30). The van der Waals surface area contributed by atoms with E-state index in [0.29, 0.717) is 38.0 Å². The Kier molecular flexibility index (Phi) is 6.41. The van der Waals surface area contributed by atoms with Crippen LogP contribution in [-0.2, 0) is 11.3 Å². The third kappa shape index (κ3) is 5.00. The maximum Gasteiger partial charge on any atom is 0.253 e. The molecule has 4 rings (SSSR count). The van der Waals surface area contributed by atoms with Gasteiger partial charge in [-0.2, -0.15) is 0 Å². The number of carbonyl (C=O) groups is 2. The first-order chi connectivity index (χ1) is 15.1. The van der Waals surface area contributed by atoms with Gasteiger partial charge in [-0.3, -0.25) is 14.6 Å². The monoisotopic (exact) mass is 413 g/mol. The van der Waals surface area contributed by atoms with E-state index >= 15 is 0 Å². The average Bonchev–Trinajstić information content (AvgIpc) is 2.83. The highest BCUT2D eigenvalue weighted by molar-refractivity contribution is 5.95. The van der Waals surface area contributed by atoms with Crippen LogP contribution in [0.5, 0.6) is 0 Å². The minimum absolute atomic E-state index is 0.00153. The Balaban J connectivity index is 1.33. The van der Waals surface area contributed by atoms with Gasteiger partial charge < -0.3 is 10.2 Å². The van der Waals surface area contributed by atoms with Crippen LogP contribution in [0.1, 0.15) is 34.3 Å². The van der Waals surface area contributed by atoms with Crippen LogP contribution in [0.2, 0.25) is 0 Å². The Morgan fingerprint density at radius 1 is 1.00 bits per heavy atom. The van der Waals surface area contributed by atoms with Crippen LogP contribution >= 0.6 is 0 Å². The van der Waals surface area contributed by atoms with E-state index in [1.807, 2.05) is 72.5 Å². The van der Waals surface area contributed by atoms with Gasteiger partial charge in [0.25, 0.3) is 5.91 Å². The Bertz CT molecular complexity index is 1060. The molecule has 0 saturated carbocycles. The molecule has 31 heavy (non-hydrogen) atoms. The van der Waals surface area contributed by atoms with Gasteiger partial charge in [0, 0.05) is 42.9 Å². The molecule has 0 radical (unpaired) electrons. The van der Waals surface area contributed by atoms with Gasteiger partial charge in [0.2, 0.25) is 5.91 Å².